The molecule has 0 unspecified atom stereocenters. The van der Waals surface area contributed by atoms with Gasteiger partial charge in [0.2, 0.25) is 5.88 Å². The molecule has 1 fully saturated rings. The molecule has 0 bridgehead atoms. The van der Waals surface area contributed by atoms with Crippen LogP contribution in [-0.4, -0.2) is 23.7 Å². The zero-order valence-corrected chi connectivity index (χ0v) is 23.3. The highest BCUT2D eigenvalue weighted by Gasteiger charge is 2.38. The maximum Gasteiger partial charge on any atom is 0.435 e. The molecule has 1 saturated carbocycles. The molecule has 0 N–H and O–H groups in total. The molecule has 0 atom stereocenters. The van der Waals surface area contributed by atoms with E-state index in [9.17, 15) is 13.2 Å². The van der Waals surface area contributed by atoms with Crippen LogP contribution in [-0.2, 0) is 12.8 Å². The molecule has 0 saturated heterocycles. The lowest BCUT2D eigenvalue weighted by atomic mass is 10.0. The van der Waals surface area contributed by atoms with E-state index >= 15 is 0 Å². The molecule has 2 heterocycles. The molecule has 39 heavy (non-hydrogen) atoms. The zero-order valence-electron chi connectivity index (χ0n) is 21.8. The number of rotatable bonds is 10. The highest BCUT2D eigenvalue weighted by atomic mass is 35.5. The van der Waals surface area contributed by atoms with E-state index in [0.29, 0.717) is 32.6 Å². The SMILES string of the molecule is C=C/C(=C\C=C(C)C)CN(C)c1ccc(OCc2c(-c3c(Cl)cccc3Cl)noc2C2CC2)nc1C(F)(F)F. The Balaban J connectivity index is 1.63. The second-order valence-corrected chi connectivity index (χ2v) is 10.4. The van der Waals surface area contributed by atoms with Gasteiger partial charge in [0.05, 0.1) is 21.3 Å². The number of nitrogens with zero attached hydrogens (tertiary/aromatic N) is 3. The highest BCUT2D eigenvalue weighted by molar-refractivity contribution is 6.39. The van der Waals surface area contributed by atoms with Crippen LogP contribution in [0.2, 0.25) is 10.0 Å². The number of aromatic nitrogens is 2. The Bertz CT molecular complexity index is 1400. The van der Waals surface area contributed by atoms with Gasteiger partial charge < -0.3 is 14.2 Å². The summed E-state index contributed by atoms with van der Waals surface area (Å²) < 4.78 is 53.7. The van der Waals surface area contributed by atoms with Crippen molar-refractivity contribution in [3.05, 3.63) is 93.3 Å². The highest BCUT2D eigenvalue weighted by Crippen LogP contribution is 2.46. The van der Waals surface area contributed by atoms with Gasteiger partial charge in [-0.05, 0) is 50.5 Å². The summed E-state index contributed by atoms with van der Waals surface area (Å²) in [6, 6.07) is 7.84. The van der Waals surface area contributed by atoms with E-state index < -0.39 is 11.9 Å². The molecule has 1 aliphatic carbocycles. The smallest absolute Gasteiger partial charge is 0.435 e. The van der Waals surface area contributed by atoms with E-state index in [2.05, 4.69) is 16.7 Å². The van der Waals surface area contributed by atoms with Gasteiger partial charge in [0, 0.05) is 31.1 Å². The van der Waals surface area contributed by atoms with Crippen LogP contribution in [0.25, 0.3) is 11.3 Å². The van der Waals surface area contributed by atoms with Crippen molar-refractivity contribution in [1.82, 2.24) is 10.1 Å². The van der Waals surface area contributed by atoms with Crippen LogP contribution >= 0.6 is 23.2 Å². The van der Waals surface area contributed by atoms with Crippen LogP contribution in [0, 0.1) is 0 Å². The van der Waals surface area contributed by atoms with Gasteiger partial charge in [0.15, 0.2) is 5.69 Å². The first-order chi connectivity index (χ1) is 18.5. The molecule has 5 nitrogen and oxygen atoms in total. The zero-order chi connectivity index (χ0) is 28.3. The average molecular weight is 578 g/mol. The third-order valence-corrected chi connectivity index (χ3v) is 6.80. The van der Waals surface area contributed by atoms with E-state index in [4.69, 9.17) is 32.5 Å². The molecule has 0 radical (unpaired) electrons. The maximum absolute atomic E-state index is 14.1. The third kappa shape index (κ3) is 6.86. The Morgan fingerprint density at radius 2 is 1.85 bits per heavy atom. The molecule has 3 aromatic rings. The first-order valence-electron chi connectivity index (χ1n) is 12.3. The minimum absolute atomic E-state index is 0.0769. The van der Waals surface area contributed by atoms with Crippen molar-refractivity contribution in [2.24, 2.45) is 0 Å². The third-order valence-electron chi connectivity index (χ3n) is 6.17. The predicted molar refractivity (Wildman–Crippen MR) is 148 cm³/mol. The lowest BCUT2D eigenvalue weighted by Gasteiger charge is -2.23. The number of pyridine rings is 1. The van der Waals surface area contributed by atoms with Crippen LogP contribution in [0.1, 0.15) is 49.6 Å². The Morgan fingerprint density at radius 1 is 1.15 bits per heavy atom. The molecule has 1 aliphatic rings. The monoisotopic (exact) mass is 577 g/mol. The molecule has 2 aromatic heterocycles. The van der Waals surface area contributed by atoms with Crippen molar-refractivity contribution in [3.63, 3.8) is 0 Å². The largest absolute Gasteiger partial charge is 0.473 e. The van der Waals surface area contributed by atoms with Crippen molar-refractivity contribution in [3.8, 4) is 17.1 Å². The molecule has 0 spiro atoms. The van der Waals surface area contributed by atoms with Crippen molar-refractivity contribution in [2.45, 2.75) is 45.4 Å². The maximum atomic E-state index is 14.1. The van der Waals surface area contributed by atoms with Crippen molar-refractivity contribution >= 4 is 28.9 Å². The summed E-state index contributed by atoms with van der Waals surface area (Å²) in [4.78, 5) is 5.33. The molecule has 1 aromatic carbocycles. The summed E-state index contributed by atoms with van der Waals surface area (Å²) in [5.74, 6) is 0.607. The van der Waals surface area contributed by atoms with Gasteiger partial charge in [0.1, 0.15) is 18.1 Å². The normalized spacial score (nSPS) is 13.8. The van der Waals surface area contributed by atoms with E-state index in [-0.39, 0.29) is 30.6 Å². The van der Waals surface area contributed by atoms with Crippen molar-refractivity contribution in [2.75, 3.05) is 18.5 Å². The fraction of sp³-hybridized carbons (Fsp3) is 0.310. The van der Waals surface area contributed by atoms with Crippen LogP contribution in [0.5, 0.6) is 5.88 Å². The van der Waals surface area contributed by atoms with Crippen molar-refractivity contribution in [1.29, 1.82) is 0 Å². The van der Waals surface area contributed by atoms with Gasteiger partial charge in [-0.3, -0.25) is 0 Å². The summed E-state index contributed by atoms with van der Waals surface area (Å²) in [5.41, 5.74) is 2.17. The van der Waals surface area contributed by atoms with Gasteiger partial charge >= 0.3 is 6.18 Å². The Labute approximate surface area is 235 Å². The predicted octanol–water partition coefficient (Wildman–Crippen LogP) is 9.03. The van der Waals surface area contributed by atoms with E-state index in [0.717, 1.165) is 24.0 Å². The number of allylic oxidation sites excluding steroid dienone is 3. The average Bonchev–Trinajstić information content (AvgIpc) is 3.64. The number of anilines is 1. The second kappa shape index (κ2) is 11.9. The first-order valence-corrected chi connectivity index (χ1v) is 13.1. The van der Waals surface area contributed by atoms with E-state index in [1.807, 2.05) is 26.0 Å². The van der Waals surface area contributed by atoms with Crippen LogP contribution < -0.4 is 9.64 Å². The minimum Gasteiger partial charge on any atom is -0.473 e. The van der Waals surface area contributed by atoms with Crippen LogP contribution in [0.15, 0.2) is 70.8 Å². The van der Waals surface area contributed by atoms with Crippen LogP contribution in [0.4, 0.5) is 18.9 Å². The summed E-state index contributed by atoms with van der Waals surface area (Å²) in [6.45, 7) is 7.74. The molecule has 0 aliphatic heterocycles. The topological polar surface area (TPSA) is 51.4 Å². The number of ether oxygens (including phenoxy) is 1. The van der Waals surface area contributed by atoms with Gasteiger partial charge in [0.25, 0.3) is 0 Å². The number of alkyl halides is 3. The fourth-order valence-corrected chi connectivity index (χ4v) is 4.62. The summed E-state index contributed by atoms with van der Waals surface area (Å²) in [7, 11) is 1.57. The first kappa shape index (κ1) is 28.8. The number of benzene rings is 1. The Morgan fingerprint density at radius 3 is 2.44 bits per heavy atom. The van der Waals surface area contributed by atoms with Gasteiger partial charge in [-0.1, -0.05) is 64.8 Å². The number of hydrogen-bond donors (Lipinski definition) is 0. The quantitative estimate of drug-likeness (QED) is 0.225. The fourth-order valence-electron chi connectivity index (χ4n) is 4.04. The van der Waals surface area contributed by atoms with E-state index in [1.165, 1.54) is 17.0 Å². The van der Waals surface area contributed by atoms with E-state index in [1.54, 1.807) is 31.3 Å². The molecular formula is C29H28Cl2F3N3O2. The number of halogens is 5. The molecule has 0 amide bonds. The molecular weight excluding hydrogens is 550 g/mol. The Kier molecular flexibility index (Phi) is 8.76. The van der Waals surface area contributed by atoms with Gasteiger partial charge in [-0.25, -0.2) is 4.98 Å². The summed E-state index contributed by atoms with van der Waals surface area (Å²) in [6.07, 6.45) is 2.47. The lowest BCUT2D eigenvalue weighted by Crippen LogP contribution is -2.24. The minimum atomic E-state index is -4.70. The van der Waals surface area contributed by atoms with Crippen LogP contribution in [0.3, 0.4) is 0 Å². The Hall–Kier alpha value is -3.23. The number of likely N-dealkylation sites (N-methyl/N-ethyl adjacent to an activating group) is 1. The number of hydrogen-bond acceptors (Lipinski definition) is 5. The standard InChI is InChI=1S/C29H28Cl2F3N3O2/c1-5-18(10-9-17(2)3)15-37(4)23-13-14-24(35-28(23)29(32,33)34)38-16-20-26(36-39-27(20)19-11-12-19)25-21(30)7-6-8-22(25)31/h5-10,13-14,19H,1,11-12,15-16H2,2-4H3/b18-10+. The summed E-state index contributed by atoms with van der Waals surface area (Å²) in [5, 5.41) is 4.94. The summed E-state index contributed by atoms with van der Waals surface area (Å²) >= 11 is 12.8. The van der Waals surface area contributed by atoms with Gasteiger partial charge in [-0.2, -0.15) is 13.2 Å². The molecule has 206 valence electrons. The van der Waals surface area contributed by atoms with Gasteiger partial charge in [-0.15, -0.1) is 0 Å². The lowest BCUT2D eigenvalue weighted by molar-refractivity contribution is -0.140. The molecule has 4 rings (SSSR count). The van der Waals surface area contributed by atoms with Crippen molar-refractivity contribution < 1.29 is 22.4 Å². The molecule has 10 heteroatoms. The second-order valence-electron chi connectivity index (χ2n) is 9.59.